The molecule has 0 bridgehead atoms. The summed E-state index contributed by atoms with van der Waals surface area (Å²) in [6, 6.07) is 0.495. The van der Waals surface area contributed by atoms with Crippen molar-refractivity contribution in [3.8, 4) is 0 Å². The molecule has 0 aromatic carbocycles. The Balaban J connectivity index is 2.13. The van der Waals surface area contributed by atoms with E-state index in [2.05, 4.69) is 31.3 Å². The first-order valence-corrected chi connectivity index (χ1v) is 6.73. The van der Waals surface area contributed by atoms with Crippen LogP contribution >= 0.6 is 0 Å². The Kier molecular flexibility index (Phi) is 3.57. The fourth-order valence-corrected chi connectivity index (χ4v) is 3.46. The SMILES string of the molecule is CC1CCC(C(NN)C2CC2)(N(C)C)CC1. The zero-order valence-electron chi connectivity index (χ0n) is 11.0. The van der Waals surface area contributed by atoms with Crippen molar-refractivity contribution in [1.29, 1.82) is 0 Å². The molecule has 1 atom stereocenters. The molecule has 0 aromatic heterocycles. The van der Waals surface area contributed by atoms with Crippen molar-refractivity contribution < 1.29 is 0 Å². The number of hydrogen-bond donors (Lipinski definition) is 2. The van der Waals surface area contributed by atoms with Gasteiger partial charge in [-0.1, -0.05) is 6.92 Å². The molecule has 2 rings (SSSR count). The van der Waals surface area contributed by atoms with Crippen LogP contribution in [0.4, 0.5) is 0 Å². The Morgan fingerprint density at radius 2 is 1.75 bits per heavy atom. The lowest BCUT2D eigenvalue weighted by atomic mass is 9.71. The van der Waals surface area contributed by atoms with E-state index >= 15 is 0 Å². The van der Waals surface area contributed by atoms with Crippen molar-refractivity contribution in [3.63, 3.8) is 0 Å². The van der Waals surface area contributed by atoms with E-state index < -0.39 is 0 Å². The highest BCUT2D eigenvalue weighted by molar-refractivity contribution is 5.06. The summed E-state index contributed by atoms with van der Waals surface area (Å²) in [6.07, 6.45) is 8.02. The van der Waals surface area contributed by atoms with Gasteiger partial charge in [-0.25, -0.2) is 0 Å². The molecule has 0 amide bonds. The molecule has 0 aliphatic heterocycles. The normalized spacial score (nSPS) is 37.7. The van der Waals surface area contributed by atoms with Crippen LogP contribution in [-0.4, -0.2) is 30.6 Å². The van der Waals surface area contributed by atoms with E-state index in [0.717, 1.165) is 11.8 Å². The molecule has 3 nitrogen and oxygen atoms in total. The van der Waals surface area contributed by atoms with E-state index in [4.69, 9.17) is 5.84 Å². The van der Waals surface area contributed by atoms with Crippen LogP contribution in [0.2, 0.25) is 0 Å². The number of hydrazine groups is 1. The molecule has 94 valence electrons. The molecular weight excluding hydrogens is 198 g/mol. The van der Waals surface area contributed by atoms with Crippen molar-refractivity contribution in [2.24, 2.45) is 17.7 Å². The van der Waals surface area contributed by atoms with Crippen LogP contribution in [0.5, 0.6) is 0 Å². The monoisotopic (exact) mass is 225 g/mol. The summed E-state index contributed by atoms with van der Waals surface area (Å²) in [5, 5.41) is 0. The third-order valence-corrected chi connectivity index (χ3v) is 4.88. The number of likely N-dealkylation sites (N-methyl/N-ethyl adjacent to an activating group) is 1. The molecule has 0 radical (unpaired) electrons. The fourth-order valence-electron chi connectivity index (χ4n) is 3.46. The minimum absolute atomic E-state index is 0.308. The lowest BCUT2D eigenvalue weighted by molar-refractivity contribution is 0.0355. The van der Waals surface area contributed by atoms with Crippen LogP contribution in [-0.2, 0) is 0 Å². The van der Waals surface area contributed by atoms with Gasteiger partial charge in [0.15, 0.2) is 0 Å². The predicted octanol–water partition coefficient (Wildman–Crippen LogP) is 1.74. The van der Waals surface area contributed by atoms with Gasteiger partial charge in [-0.05, 0) is 64.5 Å². The molecule has 2 fully saturated rings. The second-order valence-corrected chi connectivity index (χ2v) is 6.16. The third-order valence-electron chi connectivity index (χ3n) is 4.88. The van der Waals surface area contributed by atoms with E-state index in [-0.39, 0.29) is 0 Å². The standard InChI is InChI=1S/C13H27N3/c1-10-6-8-13(9-7-10,16(2)3)12(15-14)11-4-5-11/h10-12,15H,4-9,14H2,1-3H3. The van der Waals surface area contributed by atoms with E-state index in [9.17, 15) is 0 Å². The summed E-state index contributed by atoms with van der Waals surface area (Å²) >= 11 is 0. The smallest absolute Gasteiger partial charge is 0.0422 e. The minimum atomic E-state index is 0.308. The molecular formula is C13H27N3. The van der Waals surface area contributed by atoms with Gasteiger partial charge >= 0.3 is 0 Å². The molecule has 0 aromatic rings. The maximum Gasteiger partial charge on any atom is 0.0422 e. The minimum Gasteiger partial charge on any atom is -0.302 e. The first kappa shape index (κ1) is 12.3. The maximum atomic E-state index is 5.83. The van der Waals surface area contributed by atoms with Crippen LogP contribution in [0.25, 0.3) is 0 Å². The van der Waals surface area contributed by atoms with Crippen LogP contribution < -0.4 is 11.3 Å². The molecule has 3 N–H and O–H groups in total. The Hall–Kier alpha value is -0.120. The Morgan fingerprint density at radius 3 is 2.12 bits per heavy atom. The maximum absolute atomic E-state index is 5.83. The van der Waals surface area contributed by atoms with Gasteiger partial charge in [-0.15, -0.1) is 0 Å². The van der Waals surface area contributed by atoms with Crippen molar-refractivity contribution >= 4 is 0 Å². The average molecular weight is 225 g/mol. The average Bonchev–Trinajstić information content (AvgIpc) is 3.06. The summed E-state index contributed by atoms with van der Waals surface area (Å²) in [4.78, 5) is 2.43. The first-order chi connectivity index (χ1) is 7.60. The Bertz CT molecular complexity index is 227. The van der Waals surface area contributed by atoms with E-state index in [1.165, 1.54) is 38.5 Å². The topological polar surface area (TPSA) is 41.3 Å². The number of hydrogen-bond acceptors (Lipinski definition) is 3. The Morgan fingerprint density at radius 1 is 1.19 bits per heavy atom. The zero-order valence-corrected chi connectivity index (χ0v) is 11.0. The van der Waals surface area contributed by atoms with E-state index in [1.807, 2.05) is 0 Å². The first-order valence-electron chi connectivity index (χ1n) is 6.73. The number of nitrogens with one attached hydrogen (secondary N) is 1. The quantitative estimate of drug-likeness (QED) is 0.565. The second kappa shape index (κ2) is 4.63. The van der Waals surface area contributed by atoms with Gasteiger partial charge < -0.3 is 4.90 Å². The largest absolute Gasteiger partial charge is 0.302 e. The van der Waals surface area contributed by atoms with Crippen LogP contribution in [0.15, 0.2) is 0 Å². The van der Waals surface area contributed by atoms with Gasteiger partial charge in [0.2, 0.25) is 0 Å². The van der Waals surface area contributed by atoms with Crippen LogP contribution in [0.1, 0.15) is 45.4 Å². The van der Waals surface area contributed by atoms with Crippen LogP contribution in [0, 0.1) is 11.8 Å². The molecule has 0 saturated heterocycles. The Labute approximate surface area is 99.7 Å². The highest BCUT2D eigenvalue weighted by Gasteiger charge is 2.48. The molecule has 2 saturated carbocycles. The van der Waals surface area contributed by atoms with Crippen molar-refractivity contribution in [1.82, 2.24) is 10.3 Å². The second-order valence-electron chi connectivity index (χ2n) is 6.16. The summed E-state index contributed by atoms with van der Waals surface area (Å²) in [6.45, 7) is 2.38. The molecule has 1 unspecified atom stereocenters. The van der Waals surface area contributed by atoms with E-state index in [1.54, 1.807) is 0 Å². The summed E-state index contributed by atoms with van der Waals surface area (Å²) in [5.41, 5.74) is 3.44. The van der Waals surface area contributed by atoms with Crippen LogP contribution in [0.3, 0.4) is 0 Å². The molecule has 0 spiro atoms. The van der Waals surface area contributed by atoms with Gasteiger partial charge in [0, 0.05) is 11.6 Å². The number of nitrogens with two attached hydrogens (primary N) is 1. The van der Waals surface area contributed by atoms with Gasteiger partial charge in [-0.3, -0.25) is 11.3 Å². The molecule has 16 heavy (non-hydrogen) atoms. The zero-order chi connectivity index (χ0) is 11.8. The summed E-state index contributed by atoms with van der Waals surface area (Å²) in [5.74, 6) is 7.54. The van der Waals surface area contributed by atoms with Crippen molar-refractivity contribution in [3.05, 3.63) is 0 Å². The molecule has 2 aliphatic carbocycles. The third kappa shape index (κ3) is 2.13. The van der Waals surface area contributed by atoms with Gasteiger partial charge in [0.25, 0.3) is 0 Å². The van der Waals surface area contributed by atoms with Gasteiger partial charge in [0.1, 0.15) is 0 Å². The summed E-state index contributed by atoms with van der Waals surface area (Å²) in [7, 11) is 4.45. The highest BCUT2D eigenvalue weighted by Crippen LogP contribution is 2.45. The van der Waals surface area contributed by atoms with Crippen molar-refractivity contribution in [2.75, 3.05) is 14.1 Å². The highest BCUT2D eigenvalue weighted by atomic mass is 15.3. The fraction of sp³-hybridized carbons (Fsp3) is 1.00. The van der Waals surface area contributed by atoms with E-state index in [0.29, 0.717) is 11.6 Å². The molecule has 0 heterocycles. The van der Waals surface area contributed by atoms with Crippen molar-refractivity contribution in [2.45, 2.75) is 57.0 Å². The lowest BCUT2D eigenvalue weighted by Crippen LogP contribution is -2.62. The number of nitrogens with zero attached hydrogens (tertiary/aromatic N) is 1. The summed E-state index contributed by atoms with van der Waals surface area (Å²) < 4.78 is 0. The molecule has 2 aliphatic rings. The number of rotatable bonds is 4. The lowest BCUT2D eigenvalue weighted by Gasteiger charge is -2.49. The van der Waals surface area contributed by atoms with Gasteiger partial charge in [0.05, 0.1) is 0 Å². The van der Waals surface area contributed by atoms with Gasteiger partial charge in [-0.2, -0.15) is 0 Å². The predicted molar refractivity (Wildman–Crippen MR) is 67.9 cm³/mol. The molecule has 3 heteroatoms.